The maximum Gasteiger partial charge on any atom is 0.107 e. The first-order valence-electron chi connectivity index (χ1n) is 5.23. The Bertz CT molecular complexity index is 291. The molecule has 4 heteroatoms. The molecule has 0 saturated heterocycles. The van der Waals surface area contributed by atoms with Crippen LogP contribution in [0.2, 0.25) is 0 Å². The highest BCUT2D eigenvalue weighted by atomic mass is 32.1. The minimum atomic E-state index is -0.0422. The van der Waals surface area contributed by atoms with E-state index in [1.165, 1.54) is 0 Å². The Morgan fingerprint density at radius 2 is 2.20 bits per heavy atom. The molecule has 1 aromatic heterocycles. The molecule has 0 spiro atoms. The van der Waals surface area contributed by atoms with Gasteiger partial charge >= 0.3 is 0 Å². The highest BCUT2D eigenvalue weighted by Crippen LogP contribution is 2.08. The van der Waals surface area contributed by atoms with Gasteiger partial charge in [0, 0.05) is 24.2 Å². The summed E-state index contributed by atoms with van der Waals surface area (Å²) in [7, 11) is 0. The molecule has 0 unspecified atom stereocenters. The Kier molecular flexibility index (Phi) is 4.70. The highest BCUT2D eigenvalue weighted by molar-refractivity contribution is 7.09. The molecule has 0 aliphatic carbocycles. The van der Waals surface area contributed by atoms with Gasteiger partial charge in [-0.2, -0.15) is 0 Å². The van der Waals surface area contributed by atoms with E-state index < -0.39 is 0 Å². The maximum atomic E-state index is 5.59. The van der Waals surface area contributed by atoms with Crippen LogP contribution >= 0.6 is 11.3 Å². The number of hydrogen-bond donors (Lipinski definition) is 1. The second-order valence-electron chi connectivity index (χ2n) is 4.52. The molecule has 0 radical (unpaired) electrons. The number of hydrogen-bond acceptors (Lipinski definition) is 4. The normalized spacial score (nSPS) is 12.0. The molecule has 0 aliphatic heterocycles. The van der Waals surface area contributed by atoms with E-state index in [-0.39, 0.29) is 5.60 Å². The van der Waals surface area contributed by atoms with Crippen molar-refractivity contribution < 1.29 is 4.74 Å². The lowest BCUT2D eigenvalue weighted by Gasteiger charge is -2.19. The third-order valence-corrected chi connectivity index (χ3v) is 2.72. The van der Waals surface area contributed by atoms with Crippen LogP contribution < -0.4 is 5.32 Å². The number of ether oxygens (including phenoxy) is 1. The first-order valence-corrected chi connectivity index (χ1v) is 6.11. The summed E-state index contributed by atoms with van der Waals surface area (Å²) in [4.78, 5) is 4.37. The molecule has 0 bridgehead atoms. The fraction of sp³-hybridized carbons (Fsp3) is 0.727. The van der Waals surface area contributed by atoms with Crippen LogP contribution in [0.4, 0.5) is 0 Å². The van der Waals surface area contributed by atoms with Crippen molar-refractivity contribution >= 4 is 11.3 Å². The van der Waals surface area contributed by atoms with Gasteiger partial charge < -0.3 is 10.1 Å². The van der Waals surface area contributed by atoms with E-state index in [4.69, 9.17) is 4.74 Å². The Morgan fingerprint density at radius 3 is 2.73 bits per heavy atom. The largest absolute Gasteiger partial charge is 0.375 e. The van der Waals surface area contributed by atoms with E-state index >= 15 is 0 Å². The first-order chi connectivity index (χ1) is 6.97. The van der Waals surface area contributed by atoms with E-state index in [1.54, 1.807) is 11.3 Å². The van der Waals surface area contributed by atoms with Crippen molar-refractivity contribution in [1.82, 2.24) is 10.3 Å². The summed E-state index contributed by atoms with van der Waals surface area (Å²) in [5.41, 5.74) is 1.06. The molecular weight excluding hydrogens is 208 g/mol. The summed E-state index contributed by atoms with van der Waals surface area (Å²) >= 11 is 1.70. The monoisotopic (exact) mass is 228 g/mol. The number of thiazole rings is 1. The molecule has 1 N–H and O–H groups in total. The topological polar surface area (TPSA) is 34.1 Å². The predicted octanol–water partition coefficient (Wildman–Crippen LogP) is 2.36. The van der Waals surface area contributed by atoms with Crippen LogP contribution in [0.5, 0.6) is 0 Å². The number of nitrogens with zero attached hydrogens (tertiary/aromatic N) is 1. The van der Waals surface area contributed by atoms with Gasteiger partial charge in [0.25, 0.3) is 0 Å². The van der Waals surface area contributed by atoms with E-state index in [0.717, 1.165) is 30.4 Å². The number of aryl methyl sites for hydroxylation is 1. The summed E-state index contributed by atoms with van der Waals surface area (Å²) in [6.45, 7) is 10.7. The van der Waals surface area contributed by atoms with Gasteiger partial charge in [-0.15, -0.1) is 11.3 Å². The van der Waals surface area contributed by atoms with Crippen molar-refractivity contribution in [3.8, 4) is 0 Å². The van der Waals surface area contributed by atoms with E-state index in [1.807, 2.05) is 6.92 Å². The Hall–Kier alpha value is -0.450. The van der Waals surface area contributed by atoms with E-state index in [9.17, 15) is 0 Å². The summed E-state index contributed by atoms with van der Waals surface area (Å²) in [6.07, 6.45) is 0. The fourth-order valence-corrected chi connectivity index (χ4v) is 1.85. The standard InChI is InChI=1S/C11H20N2OS/c1-9-8-15-10(13-9)7-12-5-6-14-11(2,3)4/h8,12H,5-7H2,1-4H3. The van der Waals surface area contributed by atoms with Crippen LogP contribution in [0.25, 0.3) is 0 Å². The quantitative estimate of drug-likeness (QED) is 0.786. The van der Waals surface area contributed by atoms with Gasteiger partial charge in [0.1, 0.15) is 5.01 Å². The molecule has 1 rings (SSSR count). The Labute approximate surface area is 95.9 Å². The third-order valence-electron chi connectivity index (χ3n) is 1.76. The molecule has 0 amide bonds. The molecule has 1 heterocycles. The van der Waals surface area contributed by atoms with Crippen molar-refractivity contribution in [1.29, 1.82) is 0 Å². The van der Waals surface area contributed by atoms with Crippen LogP contribution in [0.3, 0.4) is 0 Å². The molecule has 1 aromatic rings. The van der Waals surface area contributed by atoms with E-state index in [2.05, 4.69) is 36.5 Å². The zero-order valence-electron chi connectivity index (χ0n) is 9.96. The maximum absolute atomic E-state index is 5.59. The molecule has 0 atom stereocenters. The average Bonchev–Trinajstić information content (AvgIpc) is 2.49. The van der Waals surface area contributed by atoms with Crippen LogP contribution in [-0.2, 0) is 11.3 Å². The van der Waals surface area contributed by atoms with Crippen molar-refractivity contribution in [2.75, 3.05) is 13.2 Å². The highest BCUT2D eigenvalue weighted by Gasteiger charge is 2.08. The molecule has 3 nitrogen and oxygen atoms in total. The smallest absolute Gasteiger partial charge is 0.107 e. The van der Waals surface area contributed by atoms with Crippen LogP contribution in [-0.4, -0.2) is 23.7 Å². The van der Waals surface area contributed by atoms with E-state index in [0.29, 0.717) is 0 Å². The third kappa shape index (κ3) is 5.87. The SMILES string of the molecule is Cc1csc(CNCCOC(C)(C)C)n1. The Morgan fingerprint density at radius 1 is 1.47 bits per heavy atom. The van der Waals surface area contributed by atoms with Gasteiger partial charge in [-0.3, -0.25) is 0 Å². The molecule has 0 fully saturated rings. The molecule has 0 aromatic carbocycles. The lowest BCUT2D eigenvalue weighted by molar-refractivity contribution is -0.000885. The minimum Gasteiger partial charge on any atom is -0.375 e. The van der Waals surface area contributed by atoms with Gasteiger partial charge in [0.2, 0.25) is 0 Å². The Balaban J connectivity index is 2.07. The minimum absolute atomic E-state index is 0.0422. The lowest BCUT2D eigenvalue weighted by atomic mass is 10.2. The predicted molar refractivity (Wildman–Crippen MR) is 64.3 cm³/mol. The van der Waals surface area contributed by atoms with Gasteiger partial charge in [-0.25, -0.2) is 4.98 Å². The zero-order valence-corrected chi connectivity index (χ0v) is 10.8. The molecule has 86 valence electrons. The first kappa shape index (κ1) is 12.6. The summed E-state index contributed by atoms with van der Waals surface area (Å²) in [5.74, 6) is 0. The lowest BCUT2D eigenvalue weighted by Crippen LogP contribution is -2.26. The van der Waals surface area contributed by atoms with Crippen molar-refractivity contribution in [3.05, 3.63) is 16.1 Å². The zero-order chi connectivity index (χ0) is 11.3. The summed E-state index contributed by atoms with van der Waals surface area (Å²) in [5, 5.41) is 6.52. The van der Waals surface area contributed by atoms with Gasteiger partial charge in [0.15, 0.2) is 0 Å². The van der Waals surface area contributed by atoms with Crippen molar-refractivity contribution in [2.45, 2.75) is 39.8 Å². The number of nitrogens with one attached hydrogen (secondary N) is 1. The molecule has 0 saturated carbocycles. The number of rotatable bonds is 5. The van der Waals surface area contributed by atoms with Crippen molar-refractivity contribution in [2.24, 2.45) is 0 Å². The number of aromatic nitrogens is 1. The molecule has 0 aliphatic rings. The van der Waals surface area contributed by atoms with Crippen LogP contribution in [0, 0.1) is 6.92 Å². The second-order valence-corrected chi connectivity index (χ2v) is 5.46. The van der Waals surface area contributed by atoms with Crippen molar-refractivity contribution in [3.63, 3.8) is 0 Å². The second kappa shape index (κ2) is 5.58. The van der Waals surface area contributed by atoms with Crippen LogP contribution in [0.15, 0.2) is 5.38 Å². The van der Waals surface area contributed by atoms with Gasteiger partial charge in [-0.05, 0) is 27.7 Å². The average molecular weight is 228 g/mol. The summed E-state index contributed by atoms with van der Waals surface area (Å²) in [6, 6.07) is 0. The fourth-order valence-electron chi connectivity index (χ4n) is 1.11. The van der Waals surface area contributed by atoms with Crippen LogP contribution in [0.1, 0.15) is 31.5 Å². The van der Waals surface area contributed by atoms with Gasteiger partial charge in [-0.1, -0.05) is 0 Å². The molecular formula is C11H20N2OS. The van der Waals surface area contributed by atoms with Gasteiger partial charge in [0.05, 0.1) is 12.2 Å². The summed E-state index contributed by atoms with van der Waals surface area (Å²) < 4.78 is 5.59. The molecule has 15 heavy (non-hydrogen) atoms.